The van der Waals surface area contributed by atoms with Crippen molar-refractivity contribution in [1.82, 2.24) is 14.5 Å². The van der Waals surface area contributed by atoms with E-state index in [1.54, 1.807) is 29.8 Å². The molecule has 8 heteroatoms. The van der Waals surface area contributed by atoms with Crippen LogP contribution in [0.5, 0.6) is 0 Å². The number of anilines is 1. The van der Waals surface area contributed by atoms with Gasteiger partial charge in [0.15, 0.2) is 0 Å². The van der Waals surface area contributed by atoms with Gasteiger partial charge in [0.05, 0.1) is 17.2 Å². The number of pyridine rings is 2. The molecular weight excluding hydrogens is 505 g/mol. The fourth-order valence-corrected chi connectivity index (χ4v) is 5.77. The summed E-state index contributed by atoms with van der Waals surface area (Å²) < 4.78 is 1.58. The van der Waals surface area contributed by atoms with E-state index >= 15 is 0 Å². The topological polar surface area (TPSA) is 65.2 Å². The number of nitriles is 1. The highest BCUT2D eigenvalue weighted by Crippen LogP contribution is 2.37. The van der Waals surface area contributed by atoms with E-state index in [9.17, 15) is 10.1 Å². The second-order valence-corrected chi connectivity index (χ2v) is 10.5. The van der Waals surface area contributed by atoms with Crippen molar-refractivity contribution in [3.63, 3.8) is 0 Å². The molecule has 1 unspecified atom stereocenters. The van der Waals surface area contributed by atoms with Gasteiger partial charge in [0.2, 0.25) is 0 Å². The fraction of sp³-hybridized carbons (Fsp3) is 0.276. The number of nitrogens with zero attached hydrogens (tertiary/aromatic N) is 5. The minimum atomic E-state index is -0.105. The Morgan fingerprint density at radius 2 is 1.59 bits per heavy atom. The van der Waals surface area contributed by atoms with E-state index < -0.39 is 0 Å². The highest BCUT2D eigenvalue weighted by Gasteiger charge is 2.36. The zero-order chi connectivity index (χ0) is 26.3. The van der Waals surface area contributed by atoms with Crippen LogP contribution in [-0.4, -0.2) is 39.6 Å². The molecule has 0 saturated carbocycles. The van der Waals surface area contributed by atoms with Gasteiger partial charge >= 0.3 is 0 Å². The summed E-state index contributed by atoms with van der Waals surface area (Å²) in [4.78, 5) is 22.2. The van der Waals surface area contributed by atoms with Crippen molar-refractivity contribution < 1.29 is 0 Å². The molecule has 0 radical (unpaired) electrons. The molecule has 0 aliphatic carbocycles. The Balaban J connectivity index is 1.57. The van der Waals surface area contributed by atoms with Gasteiger partial charge < -0.3 is 9.47 Å². The second-order valence-electron chi connectivity index (χ2n) is 9.66. The van der Waals surface area contributed by atoms with Crippen LogP contribution in [0.4, 0.5) is 5.69 Å². The Kier molecular flexibility index (Phi) is 6.96. The minimum Gasteiger partial charge on any atom is -0.364 e. The van der Waals surface area contributed by atoms with Crippen molar-refractivity contribution in [2.24, 2.45) is 7.05 Å². The van der Waals surface area contributed by atoms with Gasteiger partial charge in [-0.3, -0.25) is 9.69 Å². The van der Waals surface area contributed by atoms with Crippen molar-refractivity contribution in [1.29, 1.82) is 5.26 Å². The number of aryl methyl sites for hydroxylation is 1. The molecule has 1 saturated heterocycles. The Hall–Kier alpha value is -3.37. The lowest BCUT2D eigenvalue weighted by atomic mass is 9.93. The molecule has 4 aromatic rings. The molecule has 0 N–H and O–H groups in total. The number of aromatic nitrogens is 2. The molecule has 6 nitrogen and oxygen atoms in total. The summed E-state index contributed by atoms with van der Waals surface area (Å²) in [6, 6.07) is 23.3. The minimum absolute atomic E-state index is 0.0410. The van der Waals surface area contributed by atoms with E-state index in [0.29, 0.717) is 33.3 Å². The molecule has 1 aliphatic rings. The van der Waals surface area contributed by atoms with Crippen LogP contribution < -0.4 is 10.5 Å². The third-order valence-corrected chi connectivity index (χ3v) is 7.66. The molecular formula is C29H27Cl2N5O. The first-order valence-electron chi connectivity index (χ1n) is 12.2. The number of hydrogen-bond acceptors (Lipinski definition) is 5. The van der Waals surface area contributed by atoms with Crippen LogP contribution in [0.2, 0.25) is 10.0 Å². The van der Waals surface area contributed by atoms with E-state index in [4.69, 9.17) is 23.2 Å². The second kappa shape index (κ2) is 10.2. The van der Waals surface area contributed by atoms with Crippen LogP contribution in [0.1, 0.15) is 36.7 Å². The highest BCUT2D eigenvalue weighted by atomic mass is 35.5. The maximum atomic E-state index is 12.9. The van der Waals surface area contributed by atoms with Gasteiger partial charge in [-0.1, -0.05) is 47.5 Å². The predicted molar refractivity (Wildman–Crippen MR) is 149 cm³/mol. The molecule has 1 aliphatic heterocycles. The molecule has 5 rings (SSSR count). The first-order valence-corrected chi connectivity index (χ1v) is 13.0. The Morgan fingerprint density at radius 3 is 2.19 bits per heavy atom. The first kappa shape index (κ1) is 25.3. The van der Waals surface area contributed by atoms with Crippen LogP contribution in [-0.2, 0) is 7.05 Å². The summed E-state index contributed by atoms with van der Waals surface area (Å²) in [5, 5.41) is 10.8. The number of fused-ring (bicyclic) bond motifs is 1. The predicted octanol–water partition coefficient (Wildman–Crippen LogP) is 5.80. The van der Waals surface area contributed by atoms with E-state index in [2.05, 4.69) is 46.8 Å². The first-order chi connectivity index (χ1) is 17.8. The lowest BCUT2D eigenvalue weighted by molar-refractivity contribution is 0.130. The molecule has 2 aromatic carbocycles. The van der Waals surface area contributed by atoms with Crippen LogP contribution in [0.25, 0.3) is 11.0 Å². The number of piperazine rings is 1. The van der Waals surface area contributed by atoms with Gasteiger partial charge in [-0.2, -0.15) is 5.26 Å². The molecule has 3 heterocycles. The molecule has 0 spiro atoms. The van der Waals surface area contributed by atoms with Crippen molar-refractivity contribution in [3.8, 4) is 6.07 Å². The van der Waals surface area contributed by atoms with Crippen molar-refractivity contribution >= 4 is 39.9 Å². The molecule has 2 aromatic heterocycles. The third kappa shape index (κ3) is 4.83. The molecule has 188 valence electrons. The summed E-state index contributed by atoms with van der Waals surface area (Å²) in [5.74, 6) is 0. The lowest BCUT2D eigenvalue weighted by Gasteiger charge is -2.48. The Labute approximate surface area is 226 Å². The number of benzene rings is 2. The van der Waals surface area contributed by atoms with Crippen LogP contribution in [0.3, 0.4) is 0 Å². The number of hydrogen-bond donors (Lipinski definition) is 0. The standard InChI is InChI=1S/C29H27Cl2N5O/c1-18-17-36(29(20-6-4-8-22(30)12-20)21-7-5-9-23(31)13-21)19(2)16-35(18)26-14-27(37)34(3)25-11-10-24(15-32)33-28(25)26/h4-14,18-19,29H,16-17H2,1-3H3/t18-,19?/m0/s1. The third-order valence-electron chi connectivity index (χ3n) is 7.19. The van der Waals surface area contributed by atoms with Crippen LogP contribution in [0.15, 0.2) is 71.5 Å². The monoisotopic (exact) mass is 531 g/mol. The van der Waals surface area contributed by atoms with E-state index in [-0.39, 0.29) is 23.7 Å². The maximum absolute atomic E-state index is 12.9. The number of rotatable bonds is 4. The lowest BCUT2D eigenvalue weighted by Crippen LogP contribution is -2.57. The molecule has 0 amide bonds. The zero-order valence-electron chi connectivity index (χ0n) is 20.9. The van der Waals surface area contributed by atoms with Gasteiger partial charge in [0.1, 0.15) is 17.3 Å². The quantitative estimate of drug-likeness (QED) is 0.333. The normalized spacial score (nSPS) is 18.4. The molecule has 0 bridgehead atoms. The summed E-state index contributed by atoms with van der Waals surface area (Å²) in [7, 11) is 1.73. The maximum Gasteiger partial charge on any atom is 0.252 e. The van der Waals surface area contributed by atoms with Crippen molar-refractivity contribution in [3.05, 3.63) is 104 Å². The van der Waals surface area contributed by atoms with E-state index in [0.717, 1.165) is 23.4 Å². The Morgan fingerprint density at radius 1 is 0.946 bits per heavy atom. The van der Waals surface area contributed by atoms with Gasteiger partial charge in [0.25, 0.3) is 5.56 Å². The van der Waals surface area contributed by atoms with Gasteiger partial charge in [0, 0.05) is 48.3 Å². The van der Waals surface area contributed by atoms with Crippen LogP contribution >= 0.6 is 23.2 Å². The zero-order valence-corrected chi connectivity index (χ0v) is 22.4. The summed E-state index contributed by atoms with van der Waals surface area (Å²) in [6.07, 6.45) is 0. The van der Waals surface area contributed by atoms with E-state index in [1.165, 1.54) is 0 Å². The highest BCUT2D eigenvalue weighted by molar-refractivity contribution is 6.31. The SMILES string of the molecule is CC1CN(c2cc(=O)n(C)c3ccc(C#N)nc23)[C@@H](C)CN1C(c1cccc(Cl)c1)c1cccc(Cl)c1. The average molecular weight is 532 g/mol. The summed E-state index contributed by atoms with van der Waals surface area (Å²) in [5.41, 5.74) is 4.55. The van der Waals surface area contributed by atoms with Crippen molar-refractivity contribution in [2.75, 3.05) is 18.0 Å². The largest absolute Gasteiger partial charge is 0.364 e. The average Bonchev–Trinajstić information content (AvgIpc) is 2.88. The summed E-state index contributed by atoms with van der Waals surface area (Å²) >= 11 is 12.8. The van der Waals surface area contributed by atoms with Gasteiger partial charge in [-0.25, -0.2) is 4.98 Å². The number of halogens is 2. The van der Waals surface area contributed by atoms with Crippen molar-refractivity contribution in [2.45, 2.75) is 32.0 Å². The molecule has 2 atom stereocenters. The van der Waals surface area contributed by atoms with Gasteiger partial charge in [-0.15, -0.1) is 0 Å². The fourth-order valence-electron chi connectivity index (χ4n) is 5.37. The Bertz CT molecular complexity index is 1530. The summed E-state index contributed by atoms with van der Waals surface area (Å²) in [6.45, 7) is 5.76. The smallest absolute Gasteiger partial charge is 0.252 e. The molecule has 37 heavy (non-hydrogen) atoms. The van der Waals surface area contributed by atoms with E-state index in [1.807, 2.05) is 36.4 Å². The van der Waals surface area contributed by atoms with Crippen LogP contribution in [0, 0.1) is 11.3 Å². The van der Waals surface area contributed by atoms with Gasteiger partial charge in [-0.05, 0) is 61.4 Å². The molecule has 1 fully saturated rings.